The molecule has 0 radical (unpaired) electrons. The largest absolute Gasteiger partial charge is 0.374 e. The maximum absolute atomic E-state index is 3.46. The third kappa shape index (κ3) is 3.12. The van der Waals surface area contributed by atoms with Crippen molar-refractivity contribution in [1.29, 1.82) is 0 Å². The molecule has 1 rings (SSSR count). The van der Waals surface area contributed by atoms with Gasteiger partial charge < -0.3 is 5.32 Å². The van der Waals surface area contributed by atoms with Gasteiger partial charge >= 0.3 is 0 Å². The molecule has 2 heteroatoms. The predicted molar refractivity (Wildman–Crippen MR) is 60.8 cm³/mol. The van der Waals surface area contributed by atoms with Crippen molar-refractivity contribution in [3.8, 4) is 11.8 Å². The van der Waals surface area contributed by atoms with Crippen LogP contribution < -0.4 is 5.32 Å². The van der Waals surface area contributed by atoms with E-state index < -0.39 is 0 Å². The summed E-state index contributed by atoms with van der Waals surface area (Å²) < 4.78 is 1.14. The lowest BCUT2D eigenvalue weighted by atomic mass is 10.2. The third-order valence-electron chi connectivity index (χ3n) is 1.72. The van der Waals surface area contributed by atoms with Crippen LogP contribution in [-0.2, 0) is 0 Å². The molecule has 0 amide bonds. The van der Waals surface area contributed by atoms with E-state index >= 15 is 0 Å². The molecule has 13 heavy (non-hydrogen) atoms. The smallest absolute Gasteiger partial charge is 0.0765 e. The van der Waals surface area contributed by atoms with E-state index in [0.717, 1.165) is 10.2 Å². The minimum Gasteiger partial charge on any atom is -0.374 e. The first-order valence-corrected chi connectivity index (χ1v) is 4.93. The highest BCUT2D eigenvalue weighted by Crippen LogP contribution is 2.19. The normalized spacial score (nSPS) is 8.85. The van der Waals surface area contributed by atoms with Gasteiger partial charge in [0.05, 0.1) is 6.54 Å². The van der Waals surface area contributed by atoms with Crippen molar-refractivity contribution in [1.82, 2.24) is 0 Å². The van der Waals surface area contributed by atoms with Gasteiger partial charge in [-0.05, 0) is 37.6 Å². The summed E-state index contributed by atoms with van der Waals surface area (Å²) in [6, 6.07) is 6.17. The summed E-state index contributed by atoms with van der Waals surface area (Å²) in [6.07, 6.45) is 0. The molecule has 1 aromatic rings. The molecule has 0 unspecified atom stereocenters. The average Bonchev–Trinajstić information content (AvgIpc) is 2.12. The van der Waals surface area contributed by atoms with E-state index in [1.165, 1.54) is 5.56 Å². The van der Waals surface area contributed by atoms with Gasteiger partial charge in [-0.1, -0.05) is 21.9 Å². The quantitative estimate of drug-likeness (QED) is 0.780. The van der Waals surface area contributed by atoms with Gasteiger partial charge in [0.25, 0.3) is 0 Å². The monoisotopic (exact) mass is 237 g/mol. The van der Waals surface area contributed by atoms with Crippen molar-refractivity contribution >= 4 is 21.6 Å². The van der Waals surface area contributed by atoms with Crippen LogP contribution in [0.3, 0.4) is 0 Å². The molecular weight excluding hydrogens is 226 g/mol. The maximum atomic E-state index is 3.46. The Morgan fingerprint density at radius 3 is 2.85 bits per heavy atom. The molecule has 0 aliphatic rings. The fourth-order valence-corrected chi connectivity index (χ4v) is 1.24. The number of hydrogen-bond acceptors (Lipinski definition) is 1. The molecule has 0 saturated carbocycles. The summed E-state index contributed by atoms with van der Waals surface area (Å²) in [7, 11) is 0. The number of rotatable bonds is 2. The molecule has 0 aliphatic heterocycles. The van der Waals surface area contributed by atoms with Gasteiger partial charge in [0.2, 0.25) is 0 Å². The molecule has 1 N–H and O–H groups in total. The summed E-state index contributed by atoms with van der Waals surface area (Å²) in [6.45, 7) is 4.62. The summed E-state index contributed by atoms with van der Waals surface area (Å²) in [5.74, 6) is 5.80. The van der Waals surface area contributed by atoms with E-state index in [1.807, 2.05) is 19.1 Å². The molecule has 0 atom stereocenters. The zero-order valence-electron chi connectivity index (χ0n) is 7.82. The molecule has 0 spiro atoms. The molecule has 0 saturated heterocycles. The van der Waals surface area contributed by atoms with Crippen molar-refractivity contribution in [3.63, 3.8) is 0 Å². The predicted octanol–water partition coefficient (Wildman–Crippen LogP) is 3.19. The van der Waals surface area contributed by atoms with Crippen LogP contribution in [0.4, 0.5) is 5.69 Å². The van der Waals surface area contributed by atoms with Crippen molar-refractivity contribution < 1.29 is 0 Å². The molecule has 1 nitrogen and oxygen atoms in total. The fourth-order valence-electron chi connectivity index (χ4n) is 0.989. The van der Waals surface area contributed by atoms with Gasteiger partial charge in [-0.2, -0.15) is 0 Å². The van der Waals surface area contributed by atoms with Crippen molar-refractivity contribution in [2.24, 2.45) is 0 Å². The van der Waals surface area contributed by atoms with Crippen molar-refractivity contribution in [2.45, 2.75) is 13.8 Å². The first-order valence-electron chi connectivity index (χ1n) is 4.13. The molecule has 0 aliphatic carbocycles. The summed E-state index contributed by atoms with van der Waals surface area (Å²) in [5.41, 5.74) is 2.35. The van der Waals surface area contributed by atoms with E-state index in [1.54, 1.807) is 0 Å². The van der Waals surface area contributed by atoms with Gasteiger partial charge in [0.1, 0.15) is 0 Å². The van der Waals surface area contributed by atoms with E-state index in [4.69, 9.17) is 0 Å². The summed E-state index contributed by atoms with van der Waals surface area (Å²) in [5, 5.41) is 3.22. The van der Waals surface area contributed by atoms with Crippen LogP contribution in [0.1, 0.15) is 12.5 Å². The Morgan fingerprint density at radius 1 is 1.46 bits per heavy atom. The van der Waals surface area contributed by atoms with Gasteiger partial charge in [-0.25, -0.2) is 0 Å². The number of benzene rings is 1. The minimum absolute atomic E-state index is 0.706. The van der Waals surface area contributed by atoms with E-state index in [0.29, 0.717) is 6.54 Å². The highest BCUT2D eigenvalue weighted by atomic mass is 79.9. The first kappa shape index (κ1) is 10.1. The highest BCUT2D eigenvalue weighted by Gasteiger charge is 1.94. The Labute approximate surface area is 87.7 Å². The Balaban J connectivity index is 2.66. The van der Waals surface area contributed by atoms with Gasteiger partial charge in [0.15, 0.2) is 0 Å². The topological polar surface area (TPSA) is 12.0 Å². The lowest BCUT2D eigenvalue weighted by Crippen LogP contribution is -1.98. The van der Waals surface area contributed by atoms with Crippen molar-refractivity contribution in [2.75, 3.05) is 11.9 Å². The average molecular weight is 238 g/mol. The number of hydrogen-bond donors (Lipinski definition) is 1. The molecular formula is C11H12BrN. The molecule has 0 aromatic heterocycles. The van der Waals surface area contributed by atoms with Crippen LogP contribution in [0.5, 0.6) is 0 Å². The minimum atomic E-state index is 0.706. The first-order chi connectivity index (χ1) is 6.24. The Morgan fingerprint density at radius 2 is 2.23 bits per heavy atom. The molecule has 0 heterocycles. The lowest BCUT2D eigenvalue weighted by molar-refractivity contribution is 1.34. The van der Waals surface area contributed by atoms with Crippen LogP contribution in [0.2, 0.25) is 0 Å². The third-order valence-corrected chi connectivity index (χ3v) is 2.61. The van der Waals surface area contributed by atoms with Crippen LogP contribution in [0, 0.1) is 18.8 Å². The van der Waals surface area contributed by atoms with Gasteiger partial charge in [0, 0.05) is 10.2 Å². The standard InChI is InChI=1S/C11H12BrN/c1-3-4-7-13-10-5-6-11(12)9(2)8-10/h5-6,8,13H,7H2,1-2H3. The highest BCUT2D eigenvalue weighted by molar-refractivity contribution is 9.10. The Bertz CT molecular complexity index is 347. The number of aryl methyl sites for hydroxylation is 1. The van der Waals surface area contributed by atoms with Crippen molar-refractivity contribution in [3.05, 3.63) is 28.2 Å². The molecule has 0 fully saturated rings. The zero-order valence-corrected chi connectivity index (χ0v) is 9.40. The van der Waals surface area contributed by atoms with E-state index in [9.17, 15) is 0 Å². The SMILES string of the molecule is CC#CCNc1ccc(Br)c(C)c1. The number of halogens is 1. The van der Waals surface area contributed by atoms with E-state index in [-0.39, 0.29) is 0 Å². The molecule has 0 bridgehead atoms. The number of anilines is 1. The summed E-state index contributed by atoms with van der Waals surface area (Å²) >= 11 is 3.46. The fraction of sp³-hybridized carbons (Fsp3) is 0.273. The van der Waals surface area contributed by atoms with E-state index in [2.05, 4.69) is 46.1 Å². The van der Waals surface area contributed by atoms with Crippen LogP contribution in [0.25, 0.3) is 0 Å². The second kappa shape index (κ2) is 4.94. The second-order valence-corrected chi connectivity index (χ2v) is 3.60. The molecule has 1 aromatic carbocycles. The second-order valence-electron chi connectivity index (χ2n) is 2.74. The summed E-state index contributed by atoms with van der Waals surface area (Å²) in [4.78, 5) is 0. The zero-order chi connectivity index (χ0) is 9.68. The maximum Gasteiger partial charge on any atom is 0.0765 e. The number of nitrogens with one attached hydrogen (secondary N) is 1. The lowest BCUT2D eigenvalue weighted by Gasteiger charge is -2.04. The van der Waals surface area contributed by atoms with Crippen LogP contribution in [-0.4, -0.2) is 6.54 Å². The molecule has 68 valence electrons. The van der Waals surface area contributed by atoms with Gasteiger partial charge in [-0.15, -0.1) is 5.92 Å². The van der Waals surface area contributed by atoms with Crippen LogP contribution >= 0.6 is 15.9 Å². The Hall–Kier alpha value is -0.940. The Kier molecular flexibility index (Phi) is 3.85. The van der Waals surface area contributed by atoms with Gasteiger partial charge in [-0.3, -0.25) is 0 Å². The van der Waals surface area contributed by atoms with Crippen LogP contribution in [0.15, 0.2) is 22.7 Å².